The second-order valence-electron chi connectivity index (χ2n) is 4.68. The van der Waals surface area contributed by atoms with Crippen LogP contribution in [0.3, 0.4) is 0 Å². The van der Waals surface area contributed by atoms with Gasteiger partial charge in [-0.15, -0.1) is 0 Å². The first kappa shape index (κ1) is 10.8. The molecule has 1 aliphatic heterocycles. The van der Waals surface area contributed by atoms with Crippen molar-refractivity contribution in [2.24, 2.45) is 4.99 Å². The number of hydrogen-bond donors (Lipinski definition) is 1. The molecule has 0 unspecified atom stereocenters. The van der Waals surface area contributed by atoms with Gasteiger partial charge in [-0.2, -0.15) is 0 Å². The summed E-state index contributed by atoms with van der Waals surface area (Å²) in [4.78, 5) is 4.20. The number of aryl methyl sites for hydroxylation is 1. The van der Waals surface area contributed by atoms with Crippen LogP contribution >= 0.6 is 11.6 Å². The van der Waals surface area contributed by atoms with E-state index in [2.05, 4.69) is 22.5 Å². The molecule has 0 saturated carbocycles. The van der Waals surface area contributed by atoms with Crippen LogP contribution in [0.1, 0.15) is 24.0 Å². The summed E-state index contributed by atoms with van der Waals surface area (Å²) in [5.74, 6) is 0. The van der Waals surface area contributed by atoms with Crippen LogP contribution in [0.4, 0.5) is 0 Å². The van der Waals surface area contributed by atoms with Crippen LogP contribution in [-0.4, -0.2) is 18.9 Å². The van der Waals surface area contributed by atoms with Gasteiger partial charge in [0.2, 0.25) is 0 Å². The lowest BCUT2D eigenvalue weighted by molar-refractivity contribution is 0.636. The van der Waals surface area contributed by atoms with Crippen molar-refractivity contribution in [1.82, 2.24) is 5.32 Å². The van der Waals surface area contributed by atoms with Crippen LogP contribution in [-0.2, 0) is 6.42 Å². The van der Waals surface area contributed by atoms with Crippen molar-refractivity contribution in [3.05, 3.63) is 39.9 Å². The summed E-state index contributed by atoms with van der Waals surface area (Å²) in [5, 5.41) is 4.15. The van der Waals surface area contributed by atoms with Gasteiger partial charge in [-0.1, -0.05) is 35.4 Å². The summed E-state index contributed by atoms with van der Waals surface area (Å²) in [7, 11) is 0. The summed E-state index contributed by atoms with van der Waals surface area (Å²) in [5.41, 5.74) is 4.07. The third-order valence-corrected chi connectivity index (χ3v) is 3.77. The van der Waals surface area contributed by atoms with Gasteiger partial charge in [0.25, 0.3) is 0 Å². The number of nitrogens with one attached hydrogen (secondary N) is 1. The predicted molar refractivity (Wildman–Crippen MR) is 72.6 cm³/mol. The molecule has 88 valence electrons. The molecule has 3 rings (SSSR count). The highest BCUT2D eigenvalue weighted by atomic mass is 35.5. The molecule has 0 bridgehead atoms. The average molecular weight is 247 g/mol. The van der Waals surface area contributed by atoms with E-state index in [1.807, 2.05) is 18.5 Å². The zero-order valence-electron chi connectivity index (χ0n) is 9.62. The molecule has 3 heteroatoms. The molecule has 2 aliphatic rings. The SMILES string of the molecule is Clc1cccc2c1C=C(C[C@H]1CN=CN1)CC2. The topological polar surface area (TPSA) is 24.4 Å². The summed E-state index contributed by atoms with van der Waals surface area (Å²) in [6.07, 6.45) is 7.40. The van der Waals surface area contributed by atoms with E-state index in [9.17, 15) is 0 Å². The highest BCUT2D eigenvalue weighted by molar-refractivity contribution is 6.32. The van der Waals surface area contributed by atoms with E-state index in [4.69, 9.17) is 11.6 Å². The number of rotatable bonds is 2. The second kappa shape index (κ2) is 4.53. The summed E-state index contributed by atoms with van der Waals surface area (Å²) < 4.78 is 0. The number of hydrogen-bond acceptors (Lipinski definition) is 2. The quantitative estimate of drug-likeness (QED) is 0.852. The Balaban J connectivity index is 1.81. The summed E-state index contributed by atoms with van der Waals surface area (Å²) >= 11 is 6.24. The normalized spacial score (nSPS) is 21.9. The van der Waals surface area contributed by atoms with Gasteiger partial charge in [0.05, 0.1) is 18.9 Å². The number of benzene rings is 1. The summed E-state index contributed by atoms with van der Waals surface area (Å²) in [6.45, 7) is 0.896. The van der Waals surface area contributed by atoms with Gasteiger partial charge >= 0.3 is 0 Å². The van der Waals surface area contributed by atoms with Crippen LogP contribution in [0.5, 0.6) is 0 Å². The van der Waals surface area contributed by atoms with Gasteiger partial charge in [-0.25, -0.2) is 0 Å². The Morgan fingerprint density at radius 1 is 1.35 bits per heavy atom. The molecule has 0 aromatic heterocycles. The van der Waals surface area contributed by atoms with Gasteiger partial charge in [-0.3, -0.25) is 4.99 Å². The van der Waals surface area contributed by atoms with Crippen LogP contribution in [0.25, 0.3) is 6.08 Å². The minimum atomic E-state index is 0.477. The van der Waals surface area contributed by atoms with E-state index in [0.29, 0.717) is 6.04 Å². The molecule has 17 heavy (non-hydrogen) atoms. The van der Waals surface area contributed by atoms with Crippen molar-refractivity contribution in [3.8, 4) is 0 Å². The van der Waals surface area contributed by atoms with Crippen molar-refractivity contribution in [2.45, 2.75) is 25.3 Å². The average Bonchev–Trinajstić information content (AvgIpc) is 2.83. The first-order chi connectivity index (χ1) is 8.33. The van der Waals surface area contributed by atoms with Gasteiger partial charge < -0.3 is 5.32 Å². The lowest BCUT2D eigenvalue weighted by atomic mass is 9.89. The van der Waals surface area contributed by atoms with Crippen molar-refractivity contribution in [3.63, 3.8) is 0 Å². The zero-order valence-corrected chi connectivity index (χ0v) is 10.4. The molecule has 1 aliphatic carbocycles. The Labute approximate surface area is 106 Å². The first-order valence-electron chi connectivity index (χ1n) is 6.04. The highest BCUT2D eigenvalue weighted by Gasteiger charge is 2.17. The molecular formula is C14H15ClN2. The van der Waals surface area contributed by atoms with E-state index in [1.54, 1.807) is 0 Å². The molecule has 0 saturated heterocycles. The smallest absolute Gasteiger partial charge is 0.0827 e. The van der Waals surface area contributed by atoms with Crippen molar-refractivity contribution < 1.29 is 0 Å². The number of nitrogens with zero attached hydrogens (tertiary/aromatic N) is 1. The van der Waals surface area contributed by atoms with Gasteiger partial charge in [-0.05, 0) is 36.5 Å². The molecule has 1 aromatic carbocycles. The predicted octanol–water partition coefficient (Wildman–Crippen LogP) is 3.06. The monoisotopic (exact) mass is 246 g/mol. The van der Waals surface area contributed by atoms with E-state index >= 15 is 0 Å². The van der Waals surface area contributed by atoms with Crippen LogP contribution in [0, 0.1) is 0 Å². The Morgan fingerprint density at radius 3 is 3.12 bits per heavy atom. The lowest BCUT2D eigenvalue weighted by Gasteiger charge is -2.19. The molecule has 1 heterocycles. The Morgan fingerprint density at radius 2 is 2.29 bits per heavy atom. The van der Waals surface area contributed by atoms with Gasteiger partial charge in [0, 0.05) is 5.02 Å². The standard InChI is InChI=1S/C14H15ClN2/c15-14-3-1-2-11-5-4-10(7-13(11)14)6-12-8-16-9-17-12/h1-3,7,9,12H,4-6,8H2,(H,16,17)/t12-/m0/s1. The minimum Gasteiger partial charge on any atom is -0.372 e. The molecule has 2 nitrogen and oxygen atoms in total. The van der Waals surface area contributed by atoms with Gasteiger partial charge in [0.15, 0.2) is 0 Å². The highest BCUT2D eigenvalue weighted by Crippen LogP contribution is 2.31. The minimum absolute atomic E-state index is 0.477. The van der Waals surface area contributed by atoms with E-state index < -0.39 is 0 Å². The third-order valence-electron chi connectivity index (χ3n) is 3.44. The molecule has 1 N–H and O–H groups in total. The van der Waals surface area contributed by atoms with Crippen LogP contribution < -0.4 is 5.32 Å². The Bertz CT molecular complexity index is 483. The van der Waals surface area contributed by atoms with Crippen molar-refractivity contribution >= 4 is 24.0 Å². The molecule has 1 atom stereocenters. The molecule has 0 spiro atoms. The largest absolute Gasteiger partial charge is 0.372 e. The fourth-order valence-corrected chi connectivity index (χ4v) is 2.77. The maximum Gasteiger partial charge on any atom is 0.0827 e. The molecule has 0 radical (unpaired) electrons. The molecule has 1 aromatic rings. The number of fused-ring (bicyclic) bond motifs is 1. The molecule has 0 fully saturated rings. The van der Waals surface area contributed by atoms with Gasteiger partial charge in [0.1, 0.15) is 0 Å². The van der Waals surface area contributed by atoms with E-state index in [0.717, 1.165) is 30.8 Å². The number of halogens is 1. The van der Waals surface area contributed by atoms with Crippen LogP contribution in [0.15, 0.2) is 28.8 Å². The fraction of sp³-hybridized carbons (Fsp3) is 0.357. The third kappa shape index (κ3) is 2.22. The zero-order chi connectivity index (χ0) is 11.7. The maximum atomic E-state index is 6.24. The first-order valence-corrected chi connectivity index (χ1v) is 6.42. The summed E-state index contributed by atoms with van der Waals surface area (Å²) in [6, 6.07) is 6.65. The maximum absolute atomic E-state index is 6.24. The Kier molecular flexibility index (Phi) is 2.89. The van der Waals surface area contributed by atoms with E-state index in [-0.39, 0.29) is 0 Å². The fourth-order valence-electron chi connectivity index (χ4n) is 2.52. The number of aliphatic imine (C=N–C) groups is 1. The Hall–Kier alpha value is -1.28. The van der Waals surface area contributed by atoms with Crippen molar-refractivity contribution in [1.29, 1.82) is 0 Å². The van der Waals surface area contributed by atoms with Crippen LogP contribution in [0.2, 0.25) is 5.02 Å². The molecule has 0 amide bonds. The lowest BCUT2D eigenvalue weighted by Crippen LogP contribution is -2.25. The van der Waals surface area contributed by atoms with E-state index in [1.165, 1.54) is 16.7 Å². The van der Waals surface area contributed by atoms with Crippen molar-refractivity contribution in [2.75, 3.05) is 6.54 Å². The molecular weight excluding hydrogens is 232 g/mol. The second-order valence-corrected chi connectivity index (χ2v) is 5.08.